The lowest BCUT2D eigenvalue weighted by atomic mass is 10.1. The largest absolute Gasteiger partial charge is 0.504 e. The molecule has 0 bridgehead atoms. The number of hydrogen-bond donors (Lipinski definition) is 1. The molecule has 1 amide bonds. The quantitative estimate of drug-likeness (QED) is 0.848. The van der Waals surface area contributed by atoms with Crippen LogP contribution >= 0.6 is 0 Å². The molecule has 0 aromatic heterocycles. The van der Waals surface area contributed by atoms with Crippen LogP contribution in [0.3, 0.4) is 0 Å². The van der Waals surface area contributed by atoms with Gasteiger partial charge in [0.25, 0.3) is 5.91 Å². The zero-order valence-electron chi connectivity index (χ0n) is 14.3. The lowest BCUT2D eigenvalue weighted by molar-refractivity contribution is -0.132. The van der Waals surface area contributed by atoms with Gasteiger partial charge in [0.15, 0.2) is 18.1 Å². The van der Waals surface area contributed by atoms with Gasteiger partial charge in [-0.25, -0.2) is 0 Å². The molecule has 0 radical (unpaired) electrons. The number of aryl methyl sites for hydroxylation is 2. The molecule has 0 aliphatic carbocycles. The van der Waals surface area contributed by atoms with Crippen LogP contribution in [0.1, 0.15) is 11.1 Å². The minimum atomic E-state index is -0.178. The Kier molecular flexibility index (Phi) is 6.07. The molecule has 24 heavy (non-hydrogen) atoms. The molecule has 5 nitrogen and oxygen atoms in total. The average molecular weight is 329 g/mol. The molecule has 128 valence electrons. The fraction of sp³-hybridized carbons (Fsp3) is 0.316. The van der Waals surface area contributed by atoms with Gasteiger partial charge in [-0.2, -0.15) is 0 Å². The Morgan fingerprint density at radius 2 is 1.83 bits per heavy atom. The van der Waals surface area contributed by atoms with Crippen LogP contribution in [0.5, 0.6) is 17.2 Å². The Morgan fingerprint density at radius 3 is 2.58 bits per heavy atom. The number of aromatic hydroxyl groups is 1. The highest BCUT2D eigenvalue weighted by atomic mass is 16.5. The van der Waals surface area contributed by atoms with Crippen LogP contribution in [0.4, 0.5) is 0 Å². The van der Waals surface area contributed by atoms with Crippen LogP contribution in [0.25, 0.3) is 0 Å². The first-order valence-corrected chi connectivity index (χ1v) is 7.82. The van der Waals surface area contributed by atoms with E-state index in [1.807, 2.05) is 32.0 Å². The molecule has 0 spiro atoms. The Balaban J connectivity index is 1.77. The van der Waals surface area contributed by atoms with Crippen LogP contribution in [0.15, 0.2) is 42.5 Å². The summed E-state index contributed by atoms with van der Waals surface area (Å²) in [5, 5.41) is 9.61. The molecule has 0 fully saturated rings. The smallest absolute Gasteiger partial charge is 0.260 e. The third-order valence-electron chi connectivity index (χ3n) is 3.67. The molecule has 2 aromatic carbocycles. The van der Waals surface area contributed by atoms with E-state index in [4.69, 9.17) is 9.47 Å². The predicted octanol–water partition coefficient (Wildman–Crippen LogP) is 2.93. The molecule has 0 heterocycles. The number of phenols is 1. The SMILES string of the molecule is Cc1ccc(C)c(OCCN(C)C(=O)COc2ccccc2O)c1. The Hall–Kier alpha value is -2.69. The van der Waals surface area contributed by atoms with Crippen molar-refractivity contribution < 1.29 is 19.4 Å². The summed E-state index contributed by atoms with van der Waals surface area (Å²) in [7, 11) is 1.70. The van der Waals surface area contributed by atoms with Gasteiger partial charge in [0, 0.05) is 7.05 Å². The fourth-order valence-electron chi connectivity index (χ4n) is 2.11. The summed E-state index contributed by atoms with van der Waals surface area (Å²) in [4.78, 5) is 13.6. The summed E-state index contributed by atoms with van der Waals surface area (Å²) >= 11 is 0. The summed E-state index contributed by atoms with van der Waals surface area (Å²) < 4.78 is 11.1. The van der Waals surface area contributed by atoms with Crippen molar-refractivity contribution in [2.45, 2.75) is 13.8 Å². The zero-order valence-corrected chi connectivity index (χ0v) is 14.3. The molecule has 5 heteroatoms. The maximum Gasteiger partial charge on any atom is 0.260 e. The number of para-hydroxylation sites is 2. The number of carbonyl (C=O) groups excluding carboxylic acids is 1. The molecular formula is C19H23NO4. The van der Waals surface area contributed by atoms with Gasteiger partial charge in [-0.15, -0.1) is 0 Å². The van der Waals surface area contributed by atoms with Gasteiger partial charge < -0.3 is 19.5 Å². The zero-order chi connectivity index (χ0) is 17.5. The Bertz CT molecular complexity index is 700. The third-order valence-corrected chi connectivity index (χ3v) is 3.67. The molecule has 0 saturated carbocycles. The van der Waals surface area contributed by atoms with Crippen LogP contribution in [-0.4, -0.2) is 42.7 Å². The van der Waals surface area contributed by atoms with E-state index in [9.17, 15) is 9.90 Å². The highest BCUT2D eigenvalue weighted by molar-refractivity contribution is 5.77. The number of nitrogens with zero attached hydrogens (tertiary/aromatic N) is 1. The van der Waals surface area contributed by atoms with Crippen molar-refractivity contribution in [2.75, 3.05) is 26.8 Å². The van der Waals surface area contributed by atoms with Crippen molar-refractivity contribution in [3.05, 3.63) is 53.6 Å². The number of rotatable bonds is 7. The maximum absolute atomic E-state index is 12.1. The monoisotopic (exact) mass is 329 g/mol. The highest BCUT2D eigenvalue weighted by Crippen LogP contribution is 2.24. The second-order valence-corrected chi connectivity index (χ2v) is 5.69. The first-order chi connectivity index (χ1) is 11.5. The molecule has 2 aromatic rings. The van der Waals surface area contributed by atoms with Crippen molar-refractivity contribution in [1.29, 1.82) is 0 Å². The molecule has 0 atom stereocenters. The van der Waals surface area contributed by atoms with E-state index in [-0.39, 0.29) is 18.3 Å². The molecule has 1 N–H and O–H groups in total. The summed E-state index contributed by atoms with van der Waals surface area (Å²) in [5.74, 6) is 0.973. The topological polar surface area (TPSA) is 59.0 Å². The highest BCUT2D eigenvalue weighted by Gasteiger charge is 2.11. The number of amides is 1. The van der Waals surface area contributed by atoms with Crippen molar-refractivity contribution in [1.82, 2.24) is 4.90 Å². The van der Waals surface area contributed by atoms with E-state index >= 15 is 0 Å². The van der Waals surface area contributed by atoms with Crippen molar-refractivity contribution in [2.24, 2.45) is 0 Å². The number of phenolic OH excluding ortho intramolecular Hbond substituents is 1. The summed E-state index contributed by atoms with van der Waals surface area (Å²) in [5.41, 5.74) is 2.20. The third kappa shape index (κ3) is 4.91. The van der Waals surface area contributed by atoms with Crippen LogP contribution < -0.4 is 9.47 Å². The molecule has 0 saturated heterocycles. The molecule has 0 unspecified atom stereocenters. The van der Waals surface area contributed by atoms with Gasteiger partial charge in [0.2, 0.25) is 0 Å². The lowest BCUT2D eigenvalue weighted by Crippen LogP contribution is -2.34. The van der Waals surface area contributed by atoms with Gasteiger partial charge in [-0.3, -0.25) is 4.79 Å². The second-order valence-electron chi connectivity index (χ2n) is 5.69. The van der Waals surface area contributed by atoms with E-state index in [2.05, 4.69) is 0 Å². The van der Waals surface area contributed by atoms with Crippen molar-refractivity contribution in [3.8, 4) is 17.2 Å². The number of carbonyl (C=O) groups is 1. The van der Waals surface area contributed by atoms with Gasteiger partial charge in [0.1, 0.15) is 12.4 Å². The number of benzene rings is 2. The predicted molar refractivity (Wildman–Crippen MR) is 92.6 cm³/mol. The van der Waals surface area contributed by atoms with E-state index in [0.29, 0.717) is 18.9 Å². The maximum atomic E-state index is 12.1. The Morgan fingerprint density at radius 1 is 1.08 bits per heavy atom. The number of ether oxygens (including phenoxy) is 2. The van der Waals surface area contributed by atoms with E-state index in [0.717, 1.165) is 16.9 Å². The van der Waals surface area contributed by atoms with Gasteiger partial charge in [-0.05, 0) is 43.2 Å². The van der Waals surface area contributed by atoms with Gasteiger partial charge in [0.05, 0.1) is 6.54 Å². The van der Waals surface area contributed by atoms with Crippen molar-refractivity contribution in [3.63, 3.8) is 0 Å². The number of hydrogen-bond acceptors (Lipinski definition) is 4. The Labute approximate surface area is 142 Å². The van der Waals surface area contributed by atoms with Crippen LogP contribution in [0.2, 0.25) is 0 Å². The van der Waals surface area contributed by atoms with Crippen molar-refractivity contribution >= 4 is 5.91 Å². The summed E-state index contributed by atoms with van der Waals surface area (Å²) in [6.45, 7) is 4.74. The average Bonchev–Trinajstić information content (AvgIpc) is 2.56. The lowest BCUT2D eigenvalue weighted by Gasteiger charge is -2.18. The van der Waals surface area contributed by atoms with Gasteiger partial charge in [-0.1, -0.05) is 24.3 Å². The minimum Gasteiger partial charge on any atom is -0.504 e. The molecule has 0 aliphatic rings. The van der Waals surface area contributed by atoms with Crippen LogP contribution in [0, 0.1) is 13.8 Å². The minimum absolute atomic E-state index is 0.0196. The molecule has 0 aliphatic heterocycles. The van der Waals surface area contributed by atoms with E-state index < -0.39 is 0 Å². The van der Waals surface area contributed by atoms with E-state index in [1.54, 1.807) is 30.1 Å². The standard InChI is InChI=1S/C19H23NO4/c1-14-8-9-15(2)18(12-14)23-11-10-20(3)19(22)13-24-17-7-5-4-6-16(17)21/h4-9,12,21H,10-11,13H2,1-3H3. The first kappa shape index (κ1) is 17.7. The molecule has 2 rings (SSSR count). The van der Waals surface area contributed by atoms with E-state index in [1.165, 1.54) is 6.07 Å². The first-order valence-electron chi connectivity index (χ1n) is 7.82. The normalized spacial score (nSPS) is 10.3. The fourth-order valence-corrected chi connectivity index (χ4v) is 2.11. The summed E-state index contributed by atoms with van der Waals surface area (Å²) in [6, 6.07) is 12.6. The number of likely N-dealkylation sites (N-methyl/N-ethyl adjacent to an activating group) is 1. The van der Waals surface area contributed by atoms with Gasteiger partial charge >= 0.3 is 0 Å². The van der Waals surface area contributed by atoms with Crippen LogP contribution in [-0.2, 0) is 4.79 Å². The second kappa shape index (κ2) is 8.24. The molecular weight excluding hydrogens is 306 g/mol. The summed E-state index contributed by atoms with van der Waals surface area (Å²) in [6.07, 6.45) is 0.